The normalized spacial score (nSPS) is 11.0. The van der Waals surface area contributed by atoms with Crippen molar-refractivity contribution in [2.24, 2.45) is 0 Å². The monoisotopic (exact) mass is 336 g/mol. The zero-order valence-electron chi connectivity index (χ0n) is 13.3. The van der Waals surface area contributed by atoms with E-state index in [9.17, 15) is 5.11 Å². The van der Waals surface area contributed by atoms with Crippen LogP contribution in [0.5, 0.6) is 0 Å². The fraction of sp³-hybridized carbons (Fsp3) is 0.167. The number of nitrogens with zero attached hydrogens (tertiary/aromatic N) is 4. The molecule has 0 radical (unpaired) electrons. The van der Waals surface area contributed by atoms with Crippen molar-refractivity contribution in [3.05, 3.63) is 64.9 Å². The highest BCUT2D eigenvalue weighted by molar-refractivity contribution is 7.71. The third kappa shape index (κ3) is 3.43. The van der Waals surface area contributed by atoms with Gasteiger partial charge in [0.05, 0.1) is 16.9 Å². The van der Waals surface area contributed by atoms with Gasteiger partial charge in [-0.2, -0.15) is 9.36 Å². The van der Waals surface area contributed by atoms with Gasteiger partial charge in [0, 0.05) is 0 Å². The molecule has 0 spiro atoms. The van der Waals surface area contributed by atoms with Gasteiger partial charge in [-0.05, 0) is 60.8 Å². The summed E-state index contributed by atoms with van der Waals surface area (Å²) in [5.74, 6) is 5.79. The van der Waals surface area contributed by atoms with Crippen LogP contribution in [-0.2, 0) is 0 Å². The molecule has 24 heavy (non-hydrogen) atoms. The Labute approximate surface area is 145 Å². The molecule has 0 saturated heterocycles. The molecular formula is C18H16N4OS. The predicted molar refractivity (Wildman–Crippen MR) is 94.7 cm³/mol. The zero-order chi connectivity index (χ0) is 17.2. The molecule has 3 rings (SSSR count). The topological polar surface area (TPSA) is 55.9 Å². The minimum Gasteiger partial charge on any atom is -0.378 e. The minimum absolute atomic E-state index is 0.443. The third-order valence-electron chi connectivity index (χ3n) is 3.22. The summed E-state index contributed by atoms with van der Waals surface area (Å²) >= 11 is 5.51. The molecule has 0 aliphatic carbocycles. The van der Waals surface area contributed by atoms with Crippen molar-refractivity contribution in [1.82, 2.24) is 19.8 Å². The molecule has 0 bridgehead atoms. The highest BCUT2D eigenvalue weighted by Gasteiger charge is 2.11. The lowest BCUT2D eigenvalue weighted by molar-refractivity contribution is 0.143. The molecule has 3 aromatic rings. The molecule has 6 heteroatoms. The zero-order valence-corrected chi connectivity index (χ0v) is 14.2. The van der Waals surface area contributed by atoms with E-state index in [4.69, 9.17) is 12.2 Å². The predicted octanol–water partition coefficient (Wildman–Crippen LogP) is 2.91. The van der Waals surface area contributed by atoms with E-state index in [-0.39, 0.29) is 0 Å². The molecule has 1 heterocycles. The molecule has 1 N–H and O–H groups in total. The van der Waals surface area contributed by atoms with Gasteiger partial charge in [0.1, 0.15) is 5.60 Å². The van der Waals surface area contributed by atoms with E-state index in [1.807, 2.05) is 54.6 Å². The summed E-state index contributed by atoms with van der Waals surface area (Å²) in [6, 6.07) is 17.1. The number of rotatable bonds is 2. The molecule has 0 atom stereocenters. The molecule has 1 aromatic heterocycles. The summed E-state index contributed by atoms with van der Waals surface area (Å²) in [4.78, 5) is 0. The summed E-state index contributed by atoms with van der Waals surface area (Å²) in [5, 5.41) is 18.1. The second kappa shape index (κ2) is 6.40. The van der Waals surface area contributed by atoms with Crippen LogP contribution in [-0.4, -0.2) is 30.5 Å². The van der Waals surface area contributed by atoms with Crippen molar-refractivity contribution in [1.29, 1.82) is 0 Å². The highest BCUT2D eigenvalue weighted by atomic mass is 32.1. The fourth-order valence-electron chi connectivity index (χ4n) is 2.11. The van der Waals surface area contributed by atoms with E-state index in [0.29, 0.717) is 4.77 Å². The van der Waals surface area contributed by atoms with Gasteiger partial charge in [0.15, 0.2) is 0 Å². The quantitative estimate of drug-likeness (QED) is 0.577. The van der Waals surface area contributed by atoms with Crippen molar-refractivity contribution in [2.75, 3.05) is 0 Å². The standard InChI is InChI=1S/C18H16N4OS/c1-18(2,23)13-12-14-8-6-7-11-16(14)22-17(24)21(19-20-22)15-9-4-3-5-10-15/h3-11,23H,1-2H3. The van der Waals surface area contributed by atoms with Crippen LogP contribution in [0.2, 0.25) is 0 Å². The van der Waals surface area contributed by atoms with E-state index < -0.39 is 5.60 Å². The number of aliphatic hydroxyl groups is 1. The average Bonchev–Trinajstić information content (AvgIpc) is 2.95. The Balaban J connectivity index is 2.10. The van der Waals surface area contributed by atoms with E-state index in [1.165, 1.54) is 0 Å². The lowest BCUT2D eigenvalue weighted by Crippen LogP contribution is -2.14. The van der Waals surface area contributed by atoms with Crippen LogP contribution in [0.25, 0.3) is 11.4 Å². The molecule has 0 amide bonds. The molecule has 0 aliphatic rings. The number of hydrogen-bond acceptors (Lipinski definition) is 4. The Kier molecular flexibility index (Phi) is 4.30. The maximum absolute atomic E-state index is 9.81. The van der Waals surface area contributed by atoms with Gasteiger partial charge in [0.25, 0.3) is 0 Å². The summed E-state index contributed by atoms with van der Waals surface area (Å²) in [7, 11) is 0. The molecule has 0 saturated carbocycles. The SMILES string of the molecule is CC(C)(O)C#Cc1ccccc1-n1nnn(-c2ccccc2)c1=S. The molecular weight excluding hydrogens is 320 g/mol. The largest absolute Gasteiger partial charge is 0.378 e. The van der Waals surface area contributed by atoms with Crippen LogP contribution in [0.1, 0.15) is 19.4 Å². The Morgan fingerprint density at radius 2 is 1.58 bits per heavy atom. The first kappa shape index (κ1) is 16.1. The van der Waals surface area contributed by atoms with Crippen LogP contribution in [0, 0.1) is 16.6 Å². The fourth-order valence-corrected chi connectivity index (χ4v) is 2.39. The van der Waals surface area contributed by atoms with Crippen LogP contribution < -0.4 is 0 Å². The molecule has 0 unspecified atom stereocenters. The Morgan fingerprint density at radius 1 is 0.958 bits per heavy atom. The van der Waals surface area contributed by atoms with Crippen molar-refractivity contribution < 1.29 is 5.11 Å². The average molecular weight is 336 g/mol. The van der Waals surface area contributed by atoms with Crippen LogP contribution in [0.3, 0.4) is 0 Å². The summed E-state index contributed by atoms with van der Waals surface area (Å²) < 4.78 is 3.60. The van der Waals surface area contributed by atoms with Gasteiger partial charge in [-0.3, -0.25) is 0 Å². The van der Waals surface area contributed by atoms with E-state index >= 15 is 0 Å². The highest BCUT2D eigenvalue weighted by Crippen LogP contribution is 2.15. The number of benzene rings is 2. The Bertz CT molecular complexity index is 972. The Morgan fingerprint density at radius 3 is 2.29 bits per heavy atom. The molecule has 0 fully saturated rings. The van der Waals surface area contributed by atoms with Crippen molar-refractivity contribution in [2.45, 2.75) is 19.4 Å². The minimum atomic E-state index is -1.07. The molecule has 5 nitrogen and oxygen atoms in total. The summed E-state index contributed by atoms with van der Waals surface area (Å²) in [5.41, 5.74) is 1.21. The summed E-state index contributed by atoms with van der Waals surface area (Å²) in [6.45, 7) is 3.28. The third-order valence-corrected chi connectivity index (χ3v) is 3.56. The second-order valence-electron chi connectivity index (χ2n) is 5.75. The van der Waals surface area contributed by atoms with Crippen molar-refractivity contribution in [3.8, 4) is 23.2 Å². The number of aromatic nitrogens is 4. The number of tetrazole rings is 1. The first-order valence-electron chi connectivity index (χ1n) is 7.41. The first-order chi connectivity index (χ1) is 11.5. The van der Waals surface area contributed by atoms with Gasteiger partial charge in [0.2, 0.25) is 4.77 Å². The van der Waals surface area contributed by atoms with Gasteiger partial charge in [-0.25, -0.2) is 0 Å². The van der Waals surface area contributed by atoms with E-state index in [2.05, 4.69) is 22.3 Å². The van der Waals surface area contributed by atoms with E-state index in [0.717, 1.165) is 16.9 Å². The number of hydrogen-bond donors (Lipinski definition) is 1. The lowest BCUT2D eigenvalue weighted by atomic mass is 10.1. The second-order valence-corrected chi connectivity index (χ2v) is 6.11. The van der Waals surface area contributed by atoms with Crippen LogP contribution in [0.4, 0.5) is 0 Å². The number of para-hydroxylation sites is 2. The molecule has 120 valence electrons. The van der Waals surface area contributed by atoms with Crippen molar-refractivity contribution >= 4 is 12.2 Å². The Hall–Kier alpha value is -2.75. The van der Waals surface area contributed by atoms with Crippen LogP contribution in [0.15, 0.2) is 54.6 Å². The maximum Gasteiger partial charge on any atom is 0.225 e. The molecule has 2 aromatic carbocycles. The van der Waals surface area contributed by atoms with E-state index in [1.54, 1.807) is 23.2 Å². The van der Waals surface area contributed by atoms with Crippen LogP contribution >= 0.6 is 12.2 Å². The van der Waals surface area contributed by atoms with Gasteiger partial charge in [-0.15, -0.1) is 0 Å². The van der Waals surface area contributed by atoms with Gasteiger partial charge >= 0.3 is 0 Å². The smallest absolute Gasteiger partial charge is 0.225 e. The maximum atomic E-state index is 9.81. The van der Waals surface area contributed by atoms with Crippen molar-refractivity contribution in [3.63, 3.8) is 0 Å². The summed E-state index contributed by atoms with van der Waals surface area (Å²) in [6.07, 6.45) is 0. The lowest BCUT2D eigenvalue weighted by Gasteiger charge is -2.07. The molecule has 0 aliphatic heterocycles. The van der Waals surface area contributed by atoms with Gasteiger partial charge in [-0.1, -0.05) is 42.2 Å². The van der Waals surface area contributed by atoms with Gasteiger partial charge < -0.3 is 5.11 Å². The first-order valence-corrected chi connectivity index (χ1v) is 7.82.